The third-order valence-corrected chi connectivity index (χ3v) is 4.78. The minimum absolute atomic E-state index is 7.90. The van der Waals surface area contributed by atoms with Crippen LogP contribution in [0.2, 0.25) is 0 Å². The SMILES string of the molecule is FC(F)(F)C(F)(F)C(F)(F)P(F)(F)(F)C(F)(F)C(F)(F)C(F)(F)F. The second-order valence-corrected chi connectivity index (χ2v) is 6.78. The molecule has 0 rings (SSSR count). The van der Waals surface area contributed by atoms with Crippen molar-refractivity contribution in [2.75, 3.05) is 0 Å². The van der Waals surface area contributed by atoms with E-state index >= 15 is 0 Å². The third-order valence-electron chi connectivity index (χ3n) is 2.39. The Kier molecular flexibility index (Phi) is 4.75. The van der Waals surface area contributed by atoms with Gasteiger partial charge < -0.3 is 0 Å². The minimum atomic E-state index is -12.3. The fourth-order valence-corrected chi connectivity index (χ4v) is 2.50. The number of halogens is 17. The van der Waals surface area contributed by atoms with E-state index in [9.17, 15) is 74.1 Å². The molecule has 0 saturated heterocycles. The van der Waals surface area contributed by atoms with Gasteiger partial charge in [0.1, 0.15) is 0 Å². The van der Waals surface area contributed by atoms with Gasteiger partial charge in [-0.15, -0.1) is 0 Å². The van der Waals surface area contributed by atoms with E-state index in [4.69, 9.17) is 0 Å². The second-order valence-electron chi connectivity index (χ2n) is 4.04. The topological polar surface area (TPSA) is 0 Å². The predicted molar refractivity (Wildman–Crippen MR) is 42.1 cm³/mol. The van der Waals surface area contributed by atoms with Crippen LogP contribution in [0.1, 0.15) is 0 Å². The fraction of sp³-hybridized carbons (Fsp3) is 1.00. The van der Waals surface area contributed by atoms with Gasteiger partial charge in [0.05, 0.1) is 0 Å². The summed E-state index contributed by atoms with van der Waals surface area (Å²) in [5.74, 6) is -16.8. The summed E-state index contributed by atoms with van der Waals surface area (Å²) in [5.41, 5.74) is -17.9. The summed E-state index contributed by atoms with van der Waals surface area (Å²) in [7, 11) is -12.3. The van der Waals surface area contributed by atoms with E-state index in [1.54, 1.807) is 0 Å². The van der Waals surface area contributed by atoms with Gasteiger partial charge in [0.15, 0.2) is 0 Å². The van der Waals surface area contributed by atoms with Crippen molar-refractivity contribution < 1.29 is 74.1 Å². The Morgan fingerprint density at radius 1 is 0.375 bits per heavy atom. The van der Waals surface area contributed by atoms with Gasteiger partial charge in [-0.05, 0) is 0 Å². The first-order valence-corrected chi connectivity index (χ1v) is 6.51. The summed E-state index contributed by atoms with van der Waals surface area (Å²) in [6.07, 6.45) is -15.8. The molecule has 0 aliphatic carbocycles. The average molecular weight is 426 g/mol. The van der Waals surface area contributed by atoms with E-state index < -0.39 is 43.1 Å². The molecule has 0 heterocycles. The molecule has 0 radical (unpaired) electrons. The quantitative estimate of drug-likeness (QED) is 0.344. The van der Waals surface area contributed by atoms with Gasteiger partial charge in [-0.1, -0.05) is 0 Å². The molecule has 0 saturated carbocycles. The molecule has 0 aromatic carbocycles. The monoisotopic (exact) mass is 426 g/mol. The zero-order valence-corrected chi connectivity index (χ0v) is 10.8. The maximum atomic E-state index is 12.7. The van der Waals surface area contributed by atoms with Crippen LogP contribution in [0.15, 0.2) is 0 Å². The van der Waals surface area contributed by atoms with Crippen molar-refractivity contribution in [1.82, 2.24) is 0 Å². The molecule has 0 amide bonds. The molecule has 0 spiro atoms. The molecule has 0 atom stereocenters. The van der Waals surface area contributed by atoms with Crippen molar-refractivity contribution in [2.45, 2.75) is 35.5 Å². The normalized spacial score (nSPS) is 18.3. The van der Waals surface area contributed by atoms with Crippen LogP contribution in [0.25, 0.3) is 0 Å². The Balaban J connectivity index is 6.75. The van der Waals surface area contributed by atoms with Crippen LogP contribution in [0.5, 0.6) is 0 Å². The third kappa shape index (κ3) is 2.48. The molecule has 0 aliphatic heterocycles. The van der Waals surface area contributed by atoms with E-state index in [-0.39, 0.29) is 0 Å². The molecule has 0 aliphatic rings. The van der Waals surface area contributed by atoms with Gasteiger partial charge in [-0.2, -0.15) is 0 Å². The van der Waals surface area contributed by atoms with Crippen molar-refractivity contribution in [3.63, 3.8) is 0 Å². The van der Waals surface area contributed by atoms with Crippen LogP contribution in [-0.4, -0.2) is 35.5 Å². The van der Waals surface area contributed by atoms with E-state index in [2.05, 4.69) is 0 Å². The molecule has 0 bridgehead atoms. The van der Waals surface area contributed by atoms with E-state index in [1.807, 2.05) is 0 Å². The number of hydrogen-bond donors (Lipinski definition) is 0. The number of rotatable bonds is 4. The molecule has 18 heteroatoms. The van der Waals surface area contributed by atoms with Gasteiger partial charge in [-0.3, -0.25) is 0 Å². The molecule has 0 aromatic rings. The summed E-state index contributed by atoms with van der Waals surface area (Å²) in [5, 5.41) is 0. The summed E-state index contributed by atoms with van der Waals surface area (Å²) in [4.78, 5) is 0. The van der Waals surface area contributed by atoms with Crippen LogP contribution in [0.4, 0.5) is 74.1 Å². The van der Waals surface area contributed by atoms with Crippen LogP contribution in [-0.2, 0) is 0 Å². The number of alkyl halides is 14. The average Bonchev–Trinajstić information content (AvgIpc) is 2.23. The van der Waals surface area contributed by atoms with Gasteiger partial charge >= 0.3 is 117 Å². The van der Waals surface area contributed by atoms with Crippen molar-refractivity contribution in [2.24, 2.45) is 0 Å². The molecule has 0 fully saturated rings. The van der Waals surface area contributed by atoms with E-state index in [0.29, 0.717) is 0 Å². The first-order valence-electron chi connectivity index (χ1n) is 4.60. The molecule has 24 heavy (non-hydrogen) atoms. The zero-order chi connectivity index (χ0) is 20.4. The molecular weight excluding hydrogens is 426 g/mol. The summed E-state index contributed by atoms with van der Waals surface area (Å²) in [6.45, 7) is 0. The number of hydrogen-bond acceptors (Lipinski definition) is 0. The molecular formula is C6F17P. The summed E-state index contributed by atoms with van der Waals surface area (Å²) < 4.78 is 207. The summed E-state index contributed by atoms with van der Waals surface area (Å²) >= 11 is 0. The van der Waals surface area contributed by atoms with Crippen molar-refractivity contribution >= 4 is 7.54 Å². The Bertz CT molecular complexity index is 442. The zero-order valence-electron chi connectivity index (χ0n) is 9.87. The first kappa shape index (κ1) is 23.2. The summed E-state index contributed by atoms with van der Waals surface area (Å²) in [6, 6.07) is 0. The van der Waals surface area contributed by atoms with Crippen molar-refractivity contribution in [3.8, 4) is 0 Å². The Morgan fingerprint density at radius 3 is 0.667 bits per heavy atom. The van der Waals surface area contributed by atoms with Crippen LogP contribution < -0.4 is 0 Å². The fourth-order valence-electron chi connectivity index (χ4n) is 0.976. The van der Waals surface area contributed by atoms with E-state index in [0.717, 1.165) is 0 Å². The van der Waals surface area contributed by atoms with Crippen LogP contribution in [0.3, 0.4) is 0 Å². The van der Waals surface area contributed by atoms with E-state index in [1.165, 1.54) is 0 Å². The van der Waals surface area contributed by atoms with Gasteiger partial charge in [0.2, 0.25) is 0 Å². The molecule has 0 nitrogen and oxygen atoms in total. The van der Waals surface area contributed by atoms with Gasteiger partial charge in [-0.25, -0.2) is 0 Å². The van der Waals surface area contributed by atoms with Gasteiger partial charge in [0.25, 0.3) is 0 Å². The molecule has 0 N–H and O–H groups in total. The molecule has 0 aromatic heterocycles. The first-order chi connectivity index (χ1) is 9.79. The van der Waals surface area contributed by atoms with Crippen molar-refractivity contribution in [3.05, 3.63) is 0 Å². The Labute approximate surface area is 118 Å². The van der Waals surface area contributed by atoms with Gasteiger partial charge in [0, 0.05) is 0 Å². The predicted octanol–water partition coefficient (Wildman–Crippen LogP) is 6.77. The Morgan fingerprint density at radius 2 is 0.542 bits per heavy atom. The second kappa shape index (κ2) is 4.90. The molecule has 0 unspecified atom stereocenters. The Hall–Kier alpha value is -0.760. The van der Waals surface area contributed by atoms with Crippen LogP contribution >= 0.6 is 7.54 Å². The molecule has 148 valence electrons. The maximum absolute atomic E-state index is 12.7. The van der Waals surface area contributed by atoms with Crippen LogP contribution in [0, 0.1) is 0 Å². The van der Waals surface area contributed by atoms with Crippen molar-refractivity contribution in [1.29, 1.82) is 0 Å². The standard InChI is InChI=1S/C6F17P/c7-1(8,3(11,12)13)5(17,18)24(21,22,23)6(19,20)2(9,10)4(14,15)16.